The zero-order valence-electron chi connectivity index (χ0n) is 14.6. The molecule has 3 aromatic rings. The number of aliphatic hydroxyl groups excluding tert-OH is 1. The summed E-state index contributed by atoms with van der Waals surface area (Å²) in [4.78, 5) is 0. The molecule has 26 heavy (non-hydrogen) atoms. The standard InChI is InChI=1S/C20H21N3O3/c1-14-17(6-9-25-14)18-11-20(23(22-18)7-8-24)21-12-15-10-16-4-2-3-5-19(16)26-13-15/h2-6,9-11,21,24H,7-8,12-13H2,1H3. The average molecular weight is 351 g/mol. The number of para-hydroxylation sites is 1. The van der Waals surface area contributed by atoms with E-state index < -0.39 is 0 Å². The van der Waals surface area contributed by atoms with Crippen LogP contribution < -0.4 is 10.1 Å². The van der Waals surface area contributed by atoms with Crippen LogP contribution in [0.4, 0.5) is 5.82 Å². The number of anilines is 1. The fourth-order valence-electron chi connectivity index (χ4n) is 3.08. The van der Waals surface area contributed by atoms with Crippen LogP contribution in [-0.2, 0) is 6.54 Å². The fourth-order valence-corrected chi connectivity index (χ4v) is 3.08. The molecule has 0 spiro atoms. The van der Waals surface area contributed by atoms with Crippen molar-refractivity contribution < 1.29 is 14.3 Å². The van der Waals surface area contributed by atoms with E-state index in [4.69, 9.17) is 9.15 Å². The van der Waals surface area contributed by atoms with Crippen molar-refractivity contribution in [1.29, 1.82) is 0 Å². The maximum absolute atomic E-state index is 9.33. The van der Waals surface area contributed by atoms with Crippen LogP contribution in [0.2, 0.25) is 0 Å². The number of aromatic nitrogens is 2. The van der Waals surface area contributed by atoms with Gasteiger partial charge in [0.2, 0.25) is 0 Å². The number of hydrogen-bond acceptors (Lipinski definition) is 5. The maximum atomic E-state index is 9.33. The maximum Gasteiger partial charge on any atom is 0.127 e. The number of aryl methyl sites for hydroxylation is 1. The van der Waals surface area contributed by atoms with Crippen LogP contribution in [-0.4, -0.2) is 34.6 Å². The number of benzene rings is 1. The second-order valence-electron chi connectivity index (χ2n) is 6.23. The summed E-state index contributed by atoms with van der Waals surface area (Å²) in [5.41, 5.74) is 4.03. The van der Waals surface area contributed by atoms with Gasteiger partial charge >= 0.3 is 0 Å². The van der Waals surface area contributed by atoms with Crippen LogP contribution in [0.5, 0.6) is 5.75 Å². The van der Waals surface area contributed by atoms with Crippen LogP contribution in [0.1, 0.15) is 11.3 Å². The quantitative estimate of drug-likeness (QED) is 0.713. The molecular formula is C20H21N3O3. The molecule has 0 saturated heterocycles. The molecule has 0 bridgehead atoms. The fraction of sp³-hybridized carbons (Fsp3) is 0.250. The summed E-state index contributed by atoms with van der Waals surface area (Å²) in [6.07, 6.45) is 3.81. The van der Waals surface area contributed by atoms with Gasteiger partial charge in [-0.25, -0.2) is 4.68 Å². The molecule has 0 saturated carbocycles. The first-order valence-electron chi connectivity index (χ1n) is 8.63. The minimum atomic E-state index is 0.0271. The Balaban J connectivity index is 1.54. The van der Waals surface area contributed by atoms with Gasteiger partial charge in [0.05, 0.1) is 25.1 Å². The van der Waals surface area contributed by atoms with Crippen molar-refractivity contribution in [2.75, 3.05) is 25.1 Å². The Bertz CT molecular complexity index is 939. The highest BCUT2D eigenvalue weighted by molar-refractivity contribution is 5.66. The minimum absolute atomic E-state index is 0.0271. The van der Waals surface area contributed by atoms with E-state index in [1.807, 2.05) is 43.3 Å². The van der Waals surface area contributed by atoms with Crippen molar-refractivity contribution in [3.63, 3.8) is 0 Å². The van der Waals surface area contributed by atoms with Crippen LogP contribution in [0.25, 0.3) is 17.3 Å². The van der Waals surface area contributed by atoms with E-state index in [1.165, 1.54) is 0 Å². The van der Waals surface area contributed by atoms with Crippen molar-refractivity contribution in [3.05, 3.63) is 59.6 Å². The smallest absolute Gasteiger partial charge is 0.127 e. The molecule has 0 aliphatic carbocycles. The highest BCUT2D eigenvalue weighted by atomic mass is 16.5. The first-order valence-corrected chi connectivity index (χ1v) is 8.63. The van der Waals surface area contributed by atoms with Gasteiger partial charge in [0, 0.05) is 23.7 Å². The lowest BCUT2D eigenvalue weighted by atomic mass is 10.1. The van der Waals surface area contributed by atoms with E-state index in [2.05, 4.69) is 16.5 Å². The predicted molar refractivity (Wildman–Crippen MR) is 100 cm³/mol. The molecule has 2 N–H and O–H groups in total. The number of rotatable bonds is 6. The number of furan rings is 1. The molecule has 6 heteroatoms. The molecule has 4 rings (SSSR count). The average Bonchev–Trinajstić information content (AvgIpc) is 3.26. The number of nitrogens with zero attached hydrogens (tertiary/aromatic N) is 2. The molecule has 1 aliphatic heterocycles. The summed E-state index contributed by atoms with van der Waals surface area (Å²) in [5.74, 6) is 2.60. The molecule has 1 aliphatic rings. The van der Waals surface area contributed by atoms with Gasteiger partial charge in [-0.3, -0.25) is 0 Å². The largest absolute Gasteiger partial charge is 0.489 e. The second kappa shape index (κ2) is 7.09. The van der Waals surface area contributed by atoms with E-state index in [1.54, 1.807) is 10.9 Å². The summed E-state index contributed by atoms with van der Waals surface area (Å²) < 4.78 is 12.9. The molecule has 0 atom stereocenters. The molecule has 134 valence electrons. The molecule has 2 aromatic heterocycles. The Morgan fingerprint density at radius 3 is 2.96 bits per heavy atom. The Kier molecular flexibility index (Phi) is 4.50. The van der Waals surface area contributed by atoms with Crippen molar-refractivity contribution >= 4 is 11.9 Å². The summed E-state index contributed by atoms with van der Waals surface area (Å²) in [7, 11) is 0. The van der Waals surface area contributed by atoms with E-state index in [9.17, 15) is 5.11 Å². The van der Waals surface area contributed by atoms with Crippen LogP contribution >= 0.6 is 0 Å². The molecule has 0 fully saturated rings. The Hall–Kier alpha value is -2.99. The lowest BCUT2D eigenvalue weighted by Crippen LogP contribution is -2.17. The molecule has 6 nitrogen and oxygen atoms in total. The zero-order chi connectivity index (χ0) is 17.9. The lowest BCUT2D eigenvalue weighted by Gasteiger charge is -2.18. The Morgan fingerprint density at radius 1 is 1.27 bits per heavy atom. The van der Waals surface area contributed by atoms with Crippen molar-refractivity contribution in [3.8, 4) is 17.0 Å². The molecule has 0 radical (unpaired) electrons. The first-order chi connectivity index (χ1) is 12.7. The van der Waals surface area contributed by atoms with Crippen molar-refractivity contribution in [2.24, 2.45) is 0 Å². The van der Waals surface area contributed by atoms with E-state index >= 15 is 0 Å². The number of aliphatic hydroxyl groups is 1. The van der Waals surface area contributed by atoms with Gasteiger partial charge in [-0.15, -0.1) is 0 Å². The van der Waals surface area contributed by atoms with Crippen molar-refractivity contribution in [2.45, 2.75) is 13.5 Å². The predicted octanol–water partition coefficient (Wildman–Crippen LogP) is 3.33. The molecule has 3 heterocycles. The third-order valence-corrected chi connectivity index (χ3v) is 4.41. The first kappa shape index (κ1) is 16.5. The summed E-state index contributed by atoms with van der Waals surface area (Å²) in [6, 6.07) is 11.9. The van der Waals surface area contributed by atoms with Gasteiger partial charge in [0.1, 0.15) is 23.9 Å². The van der Waals surface area contributed by atoms with Gasteiger partial charge in [-0.05, 0) is 30.7 Å². The molecular weight excluding hydrogens is 330 g/mol. The molecule has 1 aromatic carbocycles. The van der Waals surface area contributed by atoms with Gasteiger partial charge < -0.3 is 19.6 Å². The molecule has 0 amide bonds. The minimum Gasteiger partial charge on any atom is -0.489 e. The monoisotopic (exact) mass is 351 g/mol. The van der Waals surface area contributed by atoms with Crippen LogP contribution in [0, 0.1) is 6.92 Å². The van der Waals surface area contributed by atoms with Gasteiger partial charge in [0.25, 0.3) is 0 Å². The number of fused-ring (bicyclic) bond motifs is 1. The third kappa shape index (κ3) is 3.23. The highest BCUT2D eigenvalue weighted by Crippen LogP contribution is 2.28. The normalized spacial score (nSPS) is 13.1. The van der Waals surface area contributed by atoms with Gasteiger partial charge in [-0.2, -0.15) is 5.10 Å². The SMILES string of the molecule is Cc1occc1-c1cc(NCC2=Cc3ccccc3OC2)n(CCO)n1. The van der Waals surface area contributed by atoms with Gasteiger partial charge in [-0.1, -0.05) is 18.2 Å². The number of nitrogens with one attached hydrogen (secondary N) is 1. The summed E-state index contributed by atoms with van der Waals surface area (Å²) in [5, 5.41) is 17.3. The number of hydrogen-bond donors (Lipinski definition) is 2. The van der Waals surface area contributed by atoms with Crippen LogP contribution in [0.15, 0.2) is 52.7 Å². The molecule has 0 unspecified atom stereocenters. The zero-order valence-corrected chi connectivity index (χ0v) is 14.6. The third-order valence-electron chi connectivity index (χ3n) is 4.41. The summed E-state index contributed by atoms with van der Waals surface area (Å²) >= 11 is 0. The van der Waals surface area contributed by atoms with Crippen LogP contribution in [0.3, 0.4) is 0 Å². The highest BCUT2D eigenvalue weighted by Gasteiger charge is 2.15. The lowest BCUT2D eigenvalue weighted by molar-refractivity contribution is 0.270. The Labute approximate surface area is 151 Å². The van der Waals surface area contributed by atoms with Crippen molar-refractivity contribution in [1.82, 2.24) is 9.78 Å². The Morgan fingerprint density at radius 2 is 2.15 bits per heavy atom. The van der Waals surface area contributed by atoms with E-state index in [0.717, 1.165) is 39.7 Å². The summed E-state index contributed by atoms with van der Waals surface area (Å²) in [6.45, 7) is 3.58. The number of ether oxygens (including phenoxy) is 1. The van der Waals surface area contributed by atoms with E-state index in [-0.39, 0.29) is 6.61 Å². The topological polar surface area (TPSA) is 72.5 Å². The van der Waals surface area contributed by atoms with Gasteiger partial charge in [0.15, 0.2) is 0 Å². The van der Waals surface area contributed by atoms with E-state index in [0.29, 0.717) is 19.7 Å². The second-order valence-corrected chi connectivity index (χ2v) is 6.23.